The first-order chi connectivity index (χ1) is 11.3. The first-order valence-corrected chi connectivity index (χ1v) is 7.80. The fraction of sp³-hybridized carbons (Fsp3) is 0.412. The third-order valence-electron chi connectivity index (χ3n) is 4.42. The van der Waals surface area contributed by atoms with Crippen molar-refractivity contribution in [3.8, 4) is 17.5 Å². The lowest BCUT2D eigenvalue weighted by Crippen LogP contribution is -2.41. The number of rotatable bonds is 4. The lowest BCUT2D eigenvalue weighted by Gasteiger charge is -2.32. The maximum Gasteiger partial charge on any atom is 0.498 e. The van der Waals surface area contributed by atoms with Gasteiger partial charge in [-0.1, -0.05) is 6.07 Å². The second-order valence-electron chi connectivity index (χ2n) is 6.67. The Kier molecular flexibility index (Phi) is 4.23. The molecule has 0 unspecified atom stereocenters. The van der Waals surface area contributed by atoms with E-state index in [1.807, 2.05) is 45.9 Å². The summed E-state index contributed by atoms with van der Waals surface area (Å²) < 4.78 is 22.8. The van der Waals surface area contributed by atoms with E-state index in [0.717, 1.165) is 5.46 Å². The van der Waals surface area contributed by atoms with Crippen molar-refractivity contribution in [1.82, 2.24) is 9.97 Å². The summed E-state index contributed by atoms with van der Waals surface area (Å²) in [6.07, 6.45) is 3.31. The van der Waals surface area contributed by atoms with E-state index in [1.54, 1.807) is 25.6 Å². The van der Waals surface area contributed by atoms with E-state index < -0.39 is 18.3 Å². The number of benzene rings is 1. The number of aromatic nitrogens is 2. The van der Waals surface area contributed by atoms with Gasteiger partial charge in [0, 0.05) is 23.9 Å². The molecule has 1 saturated heterocycles. The average molecular weight is 328 g/mol. The molecule has 7 heteroatoms. The SMILES string of the molecule is COc1cccc(Oc2ncc(B3OC(C)(C)C(C)(C)O3)cn2)c1. The van der Waals surface area contributed by atoms with E-state index in [0.29, 0.717) is 11.5 Å². The van der Waals surface area contributed by atoms with Gasteiger partial charge in [0.25, 0.3) is 0 Å². The molecule has 24 heavy (non-hydrogen) atoms. The van der Waals surface area contributed by atoms with Crippen LogP contribution < -0.4 is 14.9 Å². The van der Waals surface area contributed by atoms with Crippen LogP contribution in [-0.2, 0) is 9.31 Å². The van der Waals surface area contributed by atoms with Crippen LogP contribution in [-0.4, -0.2) is 35.4 Å². The number of hydrogen-bond acceptors (Lipinski definition) is 6. The maximum atomic E-state index is 5.98. The number of hydrogen-bond donors (Lipinski definition) is 0. The van der Waals surface area contributed by atoms with Crippen molar-refractivity contribution in [2.24, 2.45) is 0 Å². The molecule has 1 aliphatic heterocycles. The van der Waals surface area contributed by atoms with Crippen LogP contribution in [0, 0.1) is 0 Å². The maximum absolute atomic E-state index is 5.98. The van der Waals surface area contributed by atoms with Gasteiger partial charge in [-0.05, 0) is 39.8 Å². The fourth-order valence-corrected chi connectivity index (χ4v) is 2.25. The topological polar surface area (TPSA) is 62.7 Å². The van der Waals surface area contributed by atoms with Gasteiger partial charge >= 0.3 is 13.1 Å². The molecule has 0 saturated carbocycles. The first-order valence-electron chi connectivity index (χ1n) is 7.80. The Balaban J connectivity index is 1.72. The summed E-state index contributed by atoms with van der Waals surface area (Å²) in [4.78, 5) is 8.47. The Morgan fingerprint density at radius 2 is 1.54 bits per heavy atom. The smallest absolute Gasteiger partial charge is 0.497 e. The molecule has 1 aliphatic rings. The Morgan fingerprint density at radius 1 is 0.958 bits per heavy atom. The highest BCUT2D eigenvalue weighted by atomic mass is 16.7. The third-order valence-corrected chi connectivity index (χ3v) is 4.42. The van der Waals surface area contributed by atoms with E-state index in [9.17, 15) is 0 Å². The highest BCUT2D eigenvalue weighted by molar-refractivity contribution is 6.61. The molecule has 126 valence electrons. The lowest BCUT2D eigenvalue weighted by molar-refractivity contribution is 0.00578. The lowest BCUT2D eigenvalue weighted by atomic mass is 9.81. The van der Waals surface area contributed by atoms with E-state index in [1.165, 1.54) is 0 Å². The van der Waals surface area contributed by atoms with Gasteiger partial charge in [0.2, 0.25) is 0 Å². The van der Waals surface area contributed by atoms with Gasteiger partial charge in [-0.2, -0.15) is 0 Å². The van der Waals surface area contributed by atoms with Gasteiger partial charge in [-0.15, -0.1) is 0 Å². The largest absolute Gasteiger partial charge is 0.498 e. The molecule has 0 aliphatic carbocycles. The monoisotopic (exact) mass is 328 g/mol. The van der Waals surface area contributed by atoms with Crippen LogP contribution in [0.5, 0.6) is 17.5 Å². The molecular weight excluding hydrogens is 307 g/mol. The highest BCUT2D eigenvalue weighted by Crippen LogP contribution is 2.36. The van der Waals surface area contributed by atoms with Crippen molar-refractivity contribution in [3.63, 3.8) is 0 Å². The molecule has 0 bridgehead atoms. The molecule has 2 heterocycles. The summed E-state index contributed by atoms with van der Waals surface area (Å²) in [5.74, 6) is 1.32. The standard InChI is InChI=1S/C17H21BN2O4/c1-16(2)17(3,4)24-18(23-16)12-10-19-15(20-11-12)22-14-8-6-7-13(9-14)21-5/h6-11H,1-5H3. The van der Waals surface area contributed by atoms with Crippen molar-refractivity contribution >= 4 is 12.6 Å². The van der Waals surface area contributed by atoms with Crippen molar-refractivity contribution in [2.45, 2.75) is 38.9 Å². The minimum Gasteiger partial charge on any atom is -0.497 e. The predicted molar refractivity (Wildman–Crippen MR) is 90.8 cm³/mol. The number of ether oxygens (including phenoxy) is 2. The molecular formula is C17H21BN2O4. The molecule has 0 N–H and O–H groups in total. The third kappa shape index (κ3) is 3.23. The summed E-state index contributed by atoms with van der Waals surface area (Å²) in [6, 6.07) is 7.52. The van der Waals surface area contributed by atoms with Crippen molar-refractivity contribution in [3.05, 3.63) is 36.7 Å². The Morgan fingerprint density at radius 3 is 2.12 bits per heavy atom. The summed E-state index contributed by atoms with van der Waals surface area (Å²) in [6.45, 7) is 8.03. The average Bonchev–Trinajstić information content (AvgIpc) is 2.76. The summed E-state index contributed by atoms with van der Waals surface area (Å²) >= 11 is 0. The Hall–Kier alpha value is -2.12. The van der Waals surface area contributed by atoms with E-state index in [4.69, 9.17) is 18.8 Å². The van der Waals surface area contributed by atoms with Crippen molar-refractivity contribution in [1.29, 1.82) is 0 Å². The van der Waals surface area contributed by atoms with Crippen molar-refractivity contribution < 1.29 is 18.8 Å². The molecule has 1 fully saturated rings. The van der Waals surface area contributed by atoms with Crippen LogP contribution in [0.4, 0.5) is 0 Å². The van der Waals surface area contributed by atoms with Crippen LogP contribution in [0.1, 0.15) is 27.7 Å². The van der Waals surface area contributed by atoms with Crippen LogP contribution in [0.2, 0.25) is 0 Å². The highest BCUT2D eigenvalue weighted by Gasteiger charge is 2.51. The molecule has 0 amide bonds. The van der Waals surface area contributed by atoms with Crippen molar-refractivity contribution in [2.75, 3.05) is 7.11 Å². The second kappa shape index (κ2) is 6.07. The van der Waals surface area contributed by atoms with E-state index >= 15 is 0 Å². The normalized spacial score (nSPS) is 18.5. The molecule has 6 nitrogen and oxygen atoms in total. The zero-order valence-corrected chi connectivity index (χ0v) is 14.6. The van der Waals surface area contributed by atoms with E-state index in [-0.39, 0.29) is 6.01 Å². The van der Waals surface area contributed by atoms with E-state index in [2.05, 4.69) is 9.97 Å². The molecule has 3 rings (SSSR count). The molecule has 0 radical (unpaired) electrons. The minimum absolute atomic E-state index is 0.253. The van der Waals surface area contributed by atoms with Gasteiger partial charge in [-0.3, -0.25) is 0 Å². The van der Waals surface area contributed by atoms with Gasteiger partial charge in [0.05, 0.1) is 18.3 Å². The fourth-order valence-electron chi connectivity index (χ4n) is 2.25. The van der Waals surface area contributed by atoms with Gasteiger partial charge in [0.1, 0.15) is 11.5 Å². The first kappa shape index (κ1) is 16.7. The van der Waals surface area contributed by atoms with Gasteiger partial charge < -0.3 is 18.8 Å². The number of nitrogens with zero attached hydrogens (tertiary/aromatic N) is 2. The quantitative estimate of drug-likeness (QED) is 0.804. The van der Waals surface area contributed by atoms with Crippen LogP contribution in [0.15, 0.2) is 36.7 Å². The summed E-state index contributed by atoms with van der Waals surface area (Å²) in [5.41, 5.74) is -0.0347. The predicted octanol–water partition coefficient (Wildman–Crippen LogP) is 2.58. The minimum atomic E-state index is -0.485. The molecule has 0 atom stereocenters. The zero-order chi connectivity index (χ0) is 17.4. The van der Waals surface area contributed by atoms with Crippen LogP contribution >= 0.6 is 0 Å². The summed E-state index contributed by atoms with van der Waals surface area (Å²) in [7, 11) is 1.12. The number of methoxy groups -OCH3 is 1. The Bertz CT molecular complexity index is 703. The summed E-state index contributed by atoms with van der Waals surface area (Å²) in [5, 5.41) is 0. The Labute approximate surface area is 142 Å². The second-order valence-corrected chi connectivity index (χ2v) is 6.67. The van der Waals surface area contributed by atoms with Gasteiger partial charge in [0.15, 0.2) is 0 Å². The molecule has 2 aromatic rings. The molecule has 0 spiro atoms. The molecule has 1 aromatic heterocycles. The van der Waals surface area contributed by atoms with Crippen LogP contribution in [0.25, 0.3) is 0 Å². The molecule has 1 aromatic carbocycles. The van der Waals surface area contributed by atoms with Crippen LogP contribution in [0.3, 0.4) is 0 Å². The van der Waals surface area contributed by atoms with Gasteiger partial charge in [-0.25, -0.2) is 9.97 Å². The zero-order valence-electron chi connectivity index (χ0n) is 14.6.